The molecule has 2 N–H and O–H groups in total. The third kappa shape index (κ3) is 2.55. The van der Waals surface area contributed by atoms with Crippen molar-refractivity contribution in [2.24, 2.45) is 0 Å². The molecular weight excluding hydrogens is 280 g/mol. The van der Waals surface area contributed by atoms with Crippen LogP contribution in [0.2, 0.25) is 0 Å². The number of carbonyl (C=O) groups is 2. The molecule has 114 valence electrons. The quantitative estimate of drug-likeness (QED) is 0.905. The van der Waals surface area contributed by atoms with Crippen molar-refractivity contribution < 1.29 is 14.7 Å². The minimum atomic E-state index is -0.927. The molecule has 0 radical (unpaired) electrons. The number of rotatable bonds is 3. The zero-order valence-electron chi connectivity index (χ0n) is 12.4. The van der Waals surface area contributed by atoms with Gasteiger partial charge in [0, 0.05) is 13.1 Å². The maximum atomic E-state index is 11.9. The monoisotopic (exact) mass is 298 g/mol. The van der Waals surface area contributed by atoms with Gasteiger partial charge in [-0.3, -0.25) is 14.5 Å². The lowest BCUT2D eigenvalue weighted by Gasteiger charge is -2.32. The number of aryl methyl sites for hydroxylation is 1. The third-order valence-electron chi connectivity index (χ3n) is 4.14. The summed E-state index contributed by atoms with van der Waals surface area (Å²) in [5.74, 6) is -1.06. The number of carbonyl (C=O) groups excluding carboxylic acids is 1. The number of hydrogen-bond acceptors (Lipinski definition) is 3. The number of fused-ring (bicyclic) bond motifs is 1. The van der Waals surface area contributed by atoms with E-state index in [-0.39, 0.29) is 12.5 Å². The van der Waals surface area contributed by atoms with Crippen molar-refractivity contribution in [2.75, 3.05) is 19.6 Å². The number of benzene rings is 2. The van der Waals surface area contributed by atoms with Crippen LogP contribution in [0.15, 0.2) is 36.4 Å². The predicted molar refractivity (Wildman–Crippen MR) is 83.6 cm³/mol. The average Bonchev–Trinajstić information content (AvgIpc) is 2.50. The van der Waals surface area contributed by atoms with Gasteiger partial charge in [-0.05, 0) is 28.8 Å². The van der Waals surface area contributed by atoms with Crippen molar-refractivity contribution in [3.63, 3.8) is 0 Å². The van der Waals surface area contributed by atoms with Gasteiger partial charge in [0.1, 0.15) is 6.04 Å². The average molecular weight is 298 g/mol. The highest BCUT2D eigenvalue weighted by molar-refractivity contribution is 5.93. The normalized spacial score (nSPS) is 17.2. The Morgan fingerprint density at radius 3 is 2.64 bits per heavy atom. The summed E-state index contributed by atoms with van der Waals surface area (Å²) in [6.45, 7) is 3.13. The smallest absolute Gasteiger partial charge is 0.325 e. The van der Waals surface area contributed by atoms with E-state index in [0.717, 1.165) is 21.9 Å². The predicted octanol–water partition coefficient (Wildman–Crippen LogP) is 1.71. The molecule has 1 aliphatic heterocycles. The van der Waals surface area contributed by atoms with E-state index >= 15 is 0 Å². The molecule has 2 aromatic carbocycles. The Morgan fingerprint density at radius 1 is 1.23 bits per heavy atom. The molecule has 1 heterocycles. The second-order valence-corrected chi connectivity index (χ2v) is 5.58. The van der Waals surface area contributed by atoms with Gasteiger partial charge in [-0.25, -0.2) is 0 Å². The van der Waals surface area contributed by atoms with E-state index in [1.807, 2.05) is 43.3 Å². The molecule has 1 amide bonds. The second kappa shape index (κ2) is 5.77. The first kappa shape index (κ1) is 14.5. The van der Waals surface area contributed by atoms with Crippen molar-refractivity contribution in [2.45, 2.75) is 13.0 Å². The maximum absolute atomic E-state index is 11.9. The summed E-state index contributed by atoms with van der Waals surface area (Å²) < 4.78 is 0. The van der Waals surface area contributed by atoms with Crippen LogP contribution in [0.3, 0.4) is 0 Å². The Labute approximate surface area is 128 Å². The van der Waals surface area contributed by atoms with Gasteiger partial charge < -0.3 is 10.4 Å². The Morgan fingerprint density at radius 2 is 1.95 bits per heavy atom. The summed E-state index contributed by atoms with van der Waals surface area (Å²) in [6.07, 6.45) is 0. The fourth-order valence-electron chi connectivity index (χ4n) is 3.08. The lowest BCUT2D eigenvalue weighted by atomic mass is 9.94. The van der Waals surface area contributed by atoms with Crippen molar-refractivity contribution in [3.8, 4) is 0 Å². The highest BCUT2D eigenvalue weighted by atomic mass is 16.4. The van der Waals surface area contributed by atoms with Gasteiger partial charge in [0.05, 0.1) is 6.54 Å². The Kier molecular flexibility index (Phi) is 3.81. The van der Waals surface area contributed by atoms with Crippen LogP contribution in [0, 0.1) is 6.92 Å². The van der Waals surface area contributed by atoms with Crippen molar-refractivity contribution in [1.29, 1.82) is 0 Å². The van der Waals surface area contributed by atoms with E-state index in [1.54, 1.807) is 4.90 Å². The van der Waals surface area contributed by atoms with E-state index in [9.17, 15) is 14.7 Å². The van der Waals surface area contributed by atoms with Gasteiger partial charge in [0.2, 0.25) is 5.91 Å². The number of carboxylic acid groups (broad SMARTS) is 1. The molecule has 1 atom stereocenters. The number of aliphatic carboxylic acids is 1. The maximum Gasteiger partial charge on any atom is 0.325 e. The molecular formula is C17H18N2O3. The van der Waals surface area contributed by atoms with Crippen LogP contribution in [0.25, 0.3) is 10.8 Å². The summed E-state index contributed by atoms with van der Waals surface area (Å²) in [6, 6.07) is 10.8. The van der Waals surface area contributed by atoms with Gasteiger partial charge in [-0.2, -0.15) is 0 Å². The molecule has 3 rings (SSSR count). The lowest BCUT2D eigenvalue weighted by Crippen LogP contribution is -2.50. The van der Waals surface area contributed by atoms with Crippen molar-refractivity contribution >= 4 is 22.6 Å². The fraction of sp³-hybridized carbons (Fsp3) is 0.294. The van der Waals surface area contributed by atoms with Gasteiger partial charge in [-0.15, -0.1) is 0 Å². The van der Waals surface area contributed by atoms with Crippen LogP contribution in [-0.2, 0) is 9.59 Å². The summed E-state index contributed by atoms with van der Waals surface area (Å²) in [5.41, 5.74) is 1.85. The molecule has 5 nitrogen and oxygen atoms in total. The van der Waals surface area contributed by atoms with Crippen LogP contribution < -0.4 is 5.32 Å². The number of nitrogens with one attached hydrogen (secondary N) is 1. The molecule has 2 aromatic rings. The highest BCUT2D eigenvalue weighted by Gasteiger charge is 2.32. The number of piperazine rings is 1. The van der Waals surface area contributed by atoms with Crippen LogP contribution >= 0.6 is 0 Å². The summed E-state index contributed by atoms with van der Waals surface area (Å²) in [7, 11) is 0. The molecule has 5 heteroatoms. The molecule has 0 aliphatic carbocycles. The summed E-state index contributed by atoms with van der Waals surface area (Å²) in [5, 5.41) is 14.4. The molecule has 0 spiro atoms. The number of amides is 1. The van der Waals surface area contributed by atoms with E-state index in [1.165, 1.54) is 0 Å². The molecule has 0 bridgehead atoms. The first-order chi connectivity index (χ1) is 10.6. The zero-order valence-corrected chi connectivity index (χ0v) is 12.4. The van der Waals surface area contributed by atoms with Gasteiger partial charge in [0.25, 0.3) is 0 Å². The minimum Gasteiger partial charge on any atom is -0.480 e. The molecule has 0 unspecified atom stereocenters. The first-order valence-corrected chi connectivity index (χ1v) is 7.30. The topological polar surface area (TPSA) is 69.6 Å². The number of nitrogens with zero attached hydrogens (tertiary/aromatic N) is 1. The van der Waals surface area contributed by atoms with E-state index in [2.05, 4.69) is 5.32 Å². The van der Waals surface area contributed by atoms with Crippen LogP contribution in [0.1, 0.15) is 17.2 Å². The number of hydrogen-bond donors (Lipinski definition) is 2. The van der Waals surface area contributed by atoms with Gasteiger partial charge in [0.15, 0.2) is 0 Å². The van der Waals surface area contributed by atoms with Crippen LogP contribution in [-0.4, -0.2) is 41.5 Å². The molecule has 22 heavy (non-hydrogen) atoms. The van der Waals surface area contributed by atoms with Crippen molar-refractivity contribution in [3.05, 3.63) is 47.5 Å². The lowest BCUT2D eigenvalue weighted by molar-refractivity contribution is -0.144. The third-order valence-corrected chi connectivity index (χ3v) is 4.14. The van der Waals surface area contributed by atoms with Crippen LogP contribution in [0.4, 0.5) is 0 Å². The zero-order chi connectivity index (χ0) is 15.7. The first-order valence-electron chi connectivity index (χ1n) is 7.30. The van der Waals surface area contributed by atoms with Gasteiger partial charge >= 0.3 is 5.97 Å². The molecule has 1 fully saturated rings. The van der Waals surface area contributed by atoms with E-state index in [4.69, 9.17) is 0 Å². The highest BCUT2D eigenvalue weighted by Crippen LogP contribution is 2.30. The molecule has 0 aromatic heterocycles. The van der Waals surface area contributed by atoms with Gasteiger partial charge in [-0.1, -0.05) is 36.4 Å². The fourth-order valence-corrected chi connectivity index (χ4v) is 3.08. The Balaban J connectivity index is 2.11. The molecule has 1 saturated heterocycles. The largest absolute Gasteiger partial charge is 0.480 e. The summed E-state index contributed by atoms with van der Waals surface area (Å²) in [4.78, 5) is 25.2. The van der Waals surface area contributed by atoms with Crippen molar-refractivity contribution in [1.82, 2.24) is 10.2 Å². The standard InChI is InChI=1S/C17H18N2O3/c1-11-6-7-14(13-5-3-2-4-12(11)13)16(17(21)22)19-9-8-18-15(20)10-19/h2-7,16H,8-10H2,1H3,(H,18,20)(H,21,22)/t16-/m0/s1. The SMILES string of the molecule is Cc1ccc([C@@H](C(=O)O)N2CCNC(=O)C2)c2ccccc12. The number of carboxylic acids is 1. The Hall–Kier alpha value is -2.40. The molecule has 0 saturated carbocycles. The second-order valence-electron chi connectivity index (χ2n) is 5.58. The van der Waals surface area contributed by atoms with Crippen LogP contribution in [0.5, 0.6) is 0 Å². The Bertz CT molecular complexity index is 742. The minimum absolute atomic E-state index is 0.110. The van der Waals surface area contributed by atoms with E-state index < -0.39 is 12.0 Å². The summed E-state index contributed by atoms with van der Waals surface area (Å²) >= 11 is 0. The molecule has 1 aliphatic rings. The van der Waals surface area contributed by atoms with E-state index in [0.29, 0.717) is 13.1 Å².